The number of rotatable bonds is 13. The van der Waals surface area contributed by atoms with E-state index in [0.29, 0.717) is 59.9 Å². The van der Waals surface area contributed by atoms with Crippen LogP contribution in [0.1, 0.15) is 18.1 Å². The van der Waals surface area contributed by atoms with Gasteiger partial charge in [0.15, 0.2) is 11.5 Å². The molecule has 0 spiro atoms. The van der Waals surface area contributed by atoms with Crippen LogP contribution >= 0.6 is 18.9 Å². The van der Waals surface area contributed by atoms with Crippen molar-refractivity contribution in [3.05, 3.63) is 47.3 Å². The number of nitrogens with zero attached hydrogens (tertiary/aromatic N) is 1. The number of hydrogen-bond acceptors (Lipinski definition) is 8. The number of hydrogen-bond donors (Lipinski definition) is 4. The van der Waals surface area contributed by atoms with E-state index in [1.807, 2.05) is 0 Å². The minimum absolute atomic E-state index is 0.0215. The molecule has 1 aromatic heterocycles. The standard InChI is InChI=1S/C22H26FN4O7PS2/c1-2-16-17-10-19(32-7-5-24)20(33-8-6-25)11-21(17)36-22(16)37(30,31)27-13-35(28,29)34-15-4-3-14(12-26)18(23)9-15/h3-4,9-11,27H,2,5-8,13,24-25H2,1H3,(H,28,29)/p+2. The monoisotopic (exact) mass is 574 g/mol. The molecule has 37 heavy (non-hydrogen) atoms. The molecule has 0 saturated heterocycles. The van der Waals surface area contributed by atoms with Gasteiger partial charge in [0.1, 0.15) is 54.4 Å². The maximum atomic E-state index is 13.8. The van der Waals surface area contributed by atoms with Crippen molar-refractivity contribution in [2.75, 3.05) is 32.6 Å². The molecule has 11 nitrogen and oxygen atoms in total. The largest absolute Gasteiger partial charge is 0.484 e. The van der Waals surface area contributed by atoms with E-state index >= 15 is 0 Å². The number of ether oxygens (including phenoxy) is 2. The zero-order valence-electron chi connectivity index (χ0n) is 20.0. The Morgan fingerprint density at radius 1 is 1.16 bits per heavy atom. The van der Waals surface area contributed by atoms with Gasteiger partial charge in [0, 0.05) is 22.2 Å². The predicted molar refractivity (Wildman–Crippen MR) is 134 cm³/mol. The van der Waals surface area contributed by atoms with Crippen LogP contribution in [-0.4, -0.2) is 45.9 Å². The van der Waals surface area contributed by atoms with Crippen molar-refractivity contribution in [3.8, 4) is 23.3 Å². The molecule has 200 valence electrons. The number of thiophene rings is 1. The lowest BCUT2D eigenvalue weighted by Gasteiger charge is -2.14. The van der Waals surface area contributed by atoms with Crippen molar-refractivity contribution in [3.63, 3.8) is 0 Å². The van der Waals surface area contributed by atoms with Crippen LogP contribution in [0.3, 0.4) is 0 Å². The lowest BCUT2D eigenvalue weighted by Crippen LogP contribution is -2.53. The molecule has 1 atom stereocenters. The second-order valence-corrected chi connectivity index (χ2v) is 12.5. The van der Waals surface area contributed by atoms with Gasteiger partial charge in [-0.25, -0.2) is 17.4 Å². The Labute approximate surface area is 217 Å². The fourth-order valence-corrected chi connectivity index (χ4v) is 7.82. The molecule has 8 N–H and O–H groups in total. The van der Waals surface area contributed by atoms with E-state index in [1.54, 1.807) is 25.1 Å². The summed E-state index contributed by atoms with van der Waals surface area (Å²) in [7, 11) is -8.79. The van der Waals surface area contributed by atoms with Crippen LogP contribution in [0, 0.1) is 17.1 Å². The second kappa shape index (κ2) is 12.2. The normalized spacial score (nSPS) is 13.2. The van der Waals surface area contributed by atoms with Gasteiger partial charge in [0.05, 0.1) is 5.56 Å². The zero-order chi connectivity index (χ0) is 27.2. The molecule has 1 heterocycles. The highest BCUT2D eigenvalue weighted by molar-refractivity contribution is 7.92. The summed E-state index contributed by atoms with van der Waals surface area (Å²) in [6.07, 6.45) is -0.591. The summed E-state index contributed by atoms with van der Waals surface area (Å²) in [5, 5.41) is 9.45. The summed E-state index contributed by atoms with van der Waals surface area (Å²) in [5.41, 5.74) is 7.76. The zero-order valence-corrected chi connectivity index (χ0v) is 22.6. The van der Waals surface area contributed by atoms with E-state index in [4.69, 9.17) is 19.3 Å². The summed E-state index contributed by atoms with van der Waals surface area (Å²) in [4.78, 5) is 10.2. The van der Waals surface area contributed by atoms with Crippen molar-refractivity contribution < 1.29 is 47.7 Å². The van der Waals surface area contributed by atoms with Crippen molar-refractivity contribution >= 4 is 39.0 Å². The molecule has 0 bridgehead atoms. The first-order valence-corrected chi connectivity index (χ1v) is 15.3. The van der Waals surface area contributed by atoms with Crippen molar-refractivity contribution in [1.82, 2.24) is 4.72 Å². The van der Waals surface area contributed by atoms with Gasteiger partial charge >= 0.3 is 7.60 Å². The molecule has 3 rings (SSSR count). The van der Waals surface area contributed by atoms with E-state index in [1.165, 1.54) is 0 Å². The number of quaternary nitrogens is 2. The number of nitrogens with one attached hydrogen (secondary N) is 1. The second-order valence-electron chi connectivity index (χ2n) is 7.71. The molecular formula is C22H28FN4O7PS2+2. The molecule has 1 unspecified atom stereocenters. The van der Waals surface area contributed by atoms with Gasteiger partial charge in [-0.3, -0.25) is 0 Å². The van der Waals surface area contributed by atoms with E-state index in [9.17, 15) is 22.3 Å². The van der Waals surface area contributed by atoms with Crippen LogP contribution < -0.4 is 30.2 Å². The molecule has 3 aromatic rings. The van der Waals surface area contributed by atoms with Crippen LogP contribution in [0.5, 0.6) is 17.2 Å². The third kappa shape index (κ3) is 6.97. The lowest BCUT2D eigenvalue weighted by molar-refractivity contribution is -0.372. The molecular weight excluding hydrogens is 546 g/mol. The summed E-state index contributed by atoms with van der Waals surface area (Å²) < 4.78 is 71.8. The maximum absolute atomic E-state index is 13.8. The van der Waals surface area contributed by atoms with Crippen LogP contribution in [0.4, 0.5) is 4.39 Å². The SMILES string of the molecule is CCc1c(S(=O)(=O)NCP(=O)(O)Oc2ccc(C#N)c(F)c2)sc2cc(OCC[NH3+])c(OCC[NH3+])cc12. The number of nitriles is 1. The Bertz CT molecular complexity index is 1470. The first-order valence-electron chi connectivity index (χ1n) is 11.2. The highest BCUT2D eigenvalue weighted by atomic mass is 32.2. The van der Waals surface area contributed by atoms with E-state index < -0.39 is 29.7 Å². The Morgan fingerprint density at radius 2 is 1.81 bits per heavy atom. The lowest BCUT2D eigenvalue weighted by atomic mass is 10.1. The van der Waals surface area contributed by atoms with Gasteiger partial charge in [-0.1, -0.05) is 6.92 Å². The summed E-state index contributed by atoms with van der Waals surface area (Å²) in [5.74, 6) is -0.344. The molecule has 0 aliphatic rings. The van der Waals surface area contributed by atoms with E-state index in [-0.39, 0.29) is 15.5 Å². The summed E-state index contributed by atoms with van der Waals surface area (Å²) in [6, 6.07) is 8.05. The number of aryl methyl sites for hydroxylation is 1. The van der Waals surface area contributed by atoms with Crippen molar-refractivity contribution in [2.24, 2.45) is 0 Å². The van der Waals surface area contributed by atoms with Crippen LogP contribution in [0.2, 0.25) is 0 Å². The molecule has 0 radical (unpaired) electrons. The van der Waals surface area contributed by atoms with Gasteiger partial charge in [0.2, 0.25) is 0 Å². The Hall–Kier alpha value is -2.76. The van der Waals surface area contributed by atoms with E-state index in [2.05, 4.69) is 16.2 Å². The highest BCUT2D eigenvalue weighted by Gasteiger charge is 2.29. The van der Waals surface area contributed by atoms with Gasteiger partial charge in [-0.2, -0.15) is 9.98 Å². The average molecular weight is 575 g/mol. The smallest absolute Gasteiger partial charge is 0.391 e. The minimum atomic E-state index is -4.56. The fraction of sp³-hybridized carbons (Fsp3) is 0.318. The topological polar surface area (TPSA) is 190 Å². The van der Waals surface area contributed by atoms with Crippen LogP contribution in [-0.2, 0) is 21.0 Å². The van der Waals surface area contributed by atoms with Crippen molar-refractivity contribution in [2.45, 2.75) is 17.6 Å². The fourth-order valence-electron chi connectivity index (χ4n) is 3.35. The Morgan fingerprint density at radius 3 is 2.38 bits per heavy atom. The number of fused-ring (bicyclic) bond motifs is 1. The molecule has 0 fully saturated rings. The summed E-state index contributed by atoms with van der Waals surface area (Å²) in [6.45, 7) is 3.54. The number of benzene rings is 2. The maximum Gasteiger partial charge on any atom is 0.391 e. The highest BCUT2D eigenvalue weighted by Crippen LogP contribution is 2.44. The predicted octanol–water partition coefficient (Wildman–Crippen LogP) is 1.22. The molecule has 0 aliphatic heterocycles. The molecule has 2 aromatic carbocycles. The van der Waals surface area contributed by atoms with Gasteiger partial charge in [-0.05, 0) is 30.2 Å². The Balaban J connectivity index is 1.88. The Kier molecular flexibility index (Phi) is 9.49. The van der Waals surface area contributed by atoms with Gasteiger partial charge in [0.25, 0.3) is 10.0 Å². The minimum Gasteiger partial charge on any atom is -0.484 e. The molecule has 0 aliphatic carbocycles. The summed E-state index contributed by atoms with van der Waals surface area (Å²) >= 11 is 0.990. The average Bonchev–Trinajstić information content (AvgIpc) is 3.23. The van der Waals surface area contributed by atoms with Crippen molar-refractivity contribution in [1.29, 1.82) is 5.26 Å². The van der Waals surface area contributed by atoms with Gasteiger partial charge in [-0.15, -0.1) is 11.3 Å². The molecule has 0 amide bonds. The third-order valence-corrected chi connectivity index (χ3v) is 9.41. The van der Waals surface area contributed by atoms with Crippen LogP contribution in [0.15, 0.2) is 34.5 Å². The third-order valence-electron chi connectivity index (χ3n) is 4.98. The first-order chi connectivity index (χ1) is 17.5. The van der Waals surface area contributed by atoms with Crippen LogP contribution in [0.25, 0.3) is 10.1 Å². The quantitative estimate of drug-likeness (QED) is 0.219. The number of sulfonamides is 1. The molecule has 0 saturated carbocycles. The first kappa shape index (κ1) is 28.8. The van der Waals surface area contributed by atoms with Gasteiger partial charge < -0.3 is 30.4 Å². The van der Waals surface area contributed by atoms with E-state index in [0.717, 1.165) is 29.5 Å². The molecule has 15 heteroatoms. The number of halogens is 1.